The molecule has 5 aliphatic rings. The fraction of sp³-hybridized carbons (Fsp3) is 0.615. The molecular formula is C26H35N7O2. The van der Waals surface area contributed by atoms with Gasteiger partial charge in [-0.15, -0.1) is 0 Å². The van der Waals surface area contributed by atoms with E-state index in [9.17, 15) is 9.59 Å². The number of anilines is 2. The largest absolute Gasteiger partial charge is 0.370 e. The van der Waals surface area contributed by atoms with Crippen molar-refractivity contribution in [2.75, 3.05) is 49.6 Å². The number of nitrogens with zero attached hydrogens (tertiary/aromatic N) is 5. The molecule has 0 radical (unpaired) electrons. The van der Waals surface area contributed by atoms with Crippen LogP contribution in [0.5, 0.6) is 0 Å². The minimum Gasteiger partial charge on any atom is -0.370 e. The first-order chi connectivity index (χ1) is 17.0. The molecule has 2 bridgehead atoms. The van der Waals surface area contributed by atoms with E-state index in [1.807, 2.05) is 12.3 Å². The lowest BCUT2D eigenvalue weighted by Gasteiger charge is -2.40. The fourth-order valence-corrected chi connectivity index (χ4v) is 6.76. The standard InChI is InChI=1S/C26H35N7O2/c1-3-31-10-4-5-20-22(31)29-25(30-23(20)34)26-13-19(14-26)33(16-26)17-8-11-32(12-9-17)18-6-7-21(28-15-18)24(35)27-2/h6-7,15,17,19H,3-5,8-14,16H2,1-2H3,(H,27,35)(H,29,30,34). The summed E-state index contributed by atoms with van der Waals surface area (Å²) in [6.07, 6.45) is 8.10. The number of nitrogens with one attached hydrogen (secondary N) is 2. The highest BCUT2D eigenvalue weighted by Gasteiger charge is 2.59. The van der Waals surface area contributed by atoms with Gasteiger partial charge in [0.25, 0.3) is 11.5 Å². The number of rotatable bonds is 5. The molecule has 7 rings (SSSR count). The van der Waals surface area contributed by atoms with E-state index >= 15 is 0 Å². The molecule has 4 fully saturated rings. The molecule has 2 N–H and O–H groups in total. The van der Waals surface area contributed by atoms with Crippen molar-refractivity contribution in [1.82, 2.24) is 25.2 Å². The number of carbonyl (C=O) groups excluding carboxylic acids is 1. The van der Waals surface area contributed by atoms with E-state index in [1.54, 1.807) is 13.1 Å². The van der Waals surface area contributed by atoms with Crippen molar-refractivity contribution in [2.24, 2.45) is 0 Å². The van der Waals surface area contributed by atoms with Gasteiger partial charge in [0.05, 0.1) is 17.4 Å². The van der Waals surface area contributed by atoms with Crippen molar-refractivity contribution in [3.8, 4) is 0 Å². The Morgan fingerprint density at radius 3 is 2.69 bits per heavy atom. The number of carbonyl (C=O) groups is 1. The van der Waals surface area contributed by atoms with Crippen molar-refractivity contribution in [2.45, 2.75) is 62.9 Å². The maximum atomic E-state index is 12.9. The average Bonchev–Trinajstić information content (AvgIpc) is 3.46. The smallest absolute Gasteiger partial charge is 0.269 e. The topological polar surface area (TPSA) is 97.5 Å². The van der Waals surface area contributed by atoms with Crippen molar-refractivity contribution >= 4 is 17.4 Å². The second-order valence-corrected chi connectivity index (χ2v) is 10.6. The number of aromatic nitrogens is 3. The summed E-state index contributed by atoms with van der Waals surface area (Å²) in [5.41, 5.74) is 2.48. The van der Waals surface area contributed by atoms with Crippen molar-refractivity contribution in [3.63, 3.8) is 0 Å². The number of aromatic amines is 1. The molecule has 9 nitrogen and oxygen atoms in total. The van der Waals surface area contributed by atoms with Gasteiger partial charge in [-0.05, 0) is 57.6 Å². The molecule has 186 valence electrons. The highest BCUT2D eigenvalue weighted by molar-refractivity contribution is 5.92. The zero-order valence-electron chi connectivity index (χ0n) is 20.7. The summed E-state index contributed by atoms with van der Waals surface area (Å²) in [7, 11) is 1.62. The Hall–Kier alpha value is -2.94. The number of piperidine rings is 1. The van der Waals surface area contributed by atoms with E-state index < -0.39 is 0 Å². The van der Waals surface area contributed by atoms with Crippen LogP contribution in [0.1, 0.15) is 60.9 Å². The second kappa shape index (κ2) is 8.62. The van der Waals surface area contributed by atoms with Crippen molar-refractivity contribution in [3.05, 3.63) is 45.8 Å². The lowest BCUT2D eigenvalue weighted by Crippen LogP contribution is -2.46. The zero-order chi connectivity index (χ0) is 24.2. The Kier molecular flexibility index (Phi) is 5.55. The number of fused-ring (bicyclic) bond motifs is 2. The fourth-order valence-electron chi connectivity index (χ4n) is 6.76. The predicted molar refractivity (Wildman–Crippen MR) is 135 cm³/mol. The van der Waals surface area contributed by atoms with Crippen LogP contribution >= 0.6 is 0 Å². The van der Waals surface area contributed by atoms with Crippen LogP contribution in [-0.4, -0.2) is 77.6 Å². The van der Waals surface area contributed by atoms with Gasteiger partial charge in [-0.1, -0.05) is 0 Å². The molecule has 0 unspecified atom stereocenters. The van der Waals surface area contributed by atoms with Crippen LogP contribution in [0.15, 0.2) is 23.1 Å². The number of amides is 1. The van der Waals surface area contributed by atoms with Crippen LogP contribution in [0.2, 0.25) is 0 Å². The van der Waals surface area contributed by atoms with Crippen LogP contribution in [0, 0.1) is 0 Å². The summed E-state index contributed by atoms with van der Waals surface area (Å²) in [4.78, 5) is 44.6. The van der Waals surface area contributed by atoms with Gasteiger partial charge >= 0.3 is 0 Å². The molecule has 4 aliphatic heterocycles. The Morgan fingerprint density at radius 1 is 1.20 bits per heavy atom. The molecule has 35 heavy (non-hydrogen) atoms. The Bertz CT molecular complexity index is 1160. The van der Waals surface area contributed by atoms with Crippen LogP contribution in [0.25, 0.3) is 0 Å². The van der Waals surface area contributed by atoms with E-state index in [-0.39, 0.29) is 16.9 Å². The number of H-pyrrole nitrogens is 1. The molecule has 0 spiro atoms. The third-order valence-corrected chi connectivity index (χ3v) is 8.75. The van der Waals surface area contributed by atoms with Crippen molar-refractivity contribution < 1.29 is 4.79 Å². The van der Waals surface area contributed by atoms with Gasteiger partial charge in [0, 0.05) is 57.3 Å². The predicted octanol–water partition coefficient (Wildman–Crippen LogP) is 1.68. The van der Waals surface area contributed by atoms with Gasteiger partial charge in [0.2, 0.25) is 0 Å². The maximum absolute atomic E-state index is 12.9. The third-order valence-electron chi connectivity index (χ3n) is 8.75. The Labute approximate surface area is 205 Å². The minimum absolute atomic E-state index is 0.00640. The molecule has 6 heterocycles. The summed E-state index contributed by atoms with van der Waals surface area (Å²) >= 11 is 0. The van der Waals surface area contributed by atoms with Crippen LogP contribution in [0.4, 0.5) is 11.5 Å². The molecule has 9 heteroatoms. The molecule has 1 aliphatic carbocycles. The van der Waals surface area contributed by atoms with E-state index in [2.05, 4.69) is 36.9 Å². The first-order valence-electron chi connectivity index (χ1n) is 13.1. The molecular weight excluding hydrogens is 442 g/mol. The molecule has 3 saturated heterocycles. The highest BCUT2D eigenvalue weighted by atomic mass is 16.1. The molecule has 2 aromatic rings. The van der Waals surface area contributed by atoms with Crippen molar-refractivity contribution in [1.29, 1.82) is 0 Å². The maximum Gasteiger partial charge on any atom is 0.269 e. The number of hydrogen-bond donors (Lipinski definition) is 2. The Morgan fingerprint density at radius 2 is 2.00 bits per heavy atom. The van der Waals surface area contributed by atoms with Gasteiger partial charge in [-0.3, -0.25) is 14.5 Å². The minimum atomic E-state index is -0.158. The highest BCUT2D eigenvalue weighted by Crippen LogP contribution is 2.53. The van der Waals surface area contributed by atoms with Crippen LogP contribution in [0.3, 0.4) is 0 Å². The van der Waals surface area contributed by atoms with Crippen LogP contribution < -0.4 is 20.7 Å². The quantitative estimate of drug-likeness (QED) is 0.676. The van der Waals surface area contributed by atoms with Gasteiger partial charge < -0.3 is 20.1 Å². The Balaban J connectivity index is 1.12. The SMILES string of the molecule is CCN1CCCc2c1nc(C13CC(C1)N(C1CCN(c4ccc(C(=O)NC)nc4)CC1)C3)[nH]c2=O. The number of pyridine rings is 1. The molecule has 1 amide bonds. The van der Waals surface area contributed by atoms with Gasteiger partial charge in [0.15, 0.2) is 0 Å². The van der Waals surface area contributed by atoms with Gasteiger partial charge in [-0.2, -0.15) is 0 Å². The summed E-state index contributed by atoms with van der Waals surface area (Å²) in [5, 5.41) is 2.62. The van der Waals surface area contributed by atoms with Crippen LogP contribution in [-0.2, 0) is 11.8 Å². The third kappa shape index (κ3) is 3.71. The molecule has 2 aromatic heterocycles. The monoisotopic (exact) mass is 477 g/mol. The summed E-state index contributed by atoms with van der Waals surface area (Å²) in [5.74, 6) is 1.69. The lowest BCUT2D eigenvalue weighted by molar-refractivity contribution is 0.0958. The zero-order valence-corrected chi connectivity index (χ0v) is 20.7. The van der Waals surface area contributed by atoms with E-state index in [1.165, 1.54) is 0 Å². The first kappa shape index (κ1) is 22.5. The summed E-state index contributed by atoms with van der Waals surface area (Å²) < 4.78 is 0. The van der Waals surface area contributed by atoms with Gasteiger partial charge in [-0.25, -0.2) is 9.97 Å². The van der Waals surface area contributed by atoms with E-state index in [0.29, 0.717) is 17.8 Å². The molecule has 0 atom stereocenters. The normalized spacial score (nSPS) is 26.4. The lowest BCUT2D eigenvalue weighted by atomic mass is 9.69. The summed E-state index contributed by atoms with van der Waals surface area (Å²) in [6, 6.07) is 4.96. The van der Waals surface area contributed by atoms with E-state index in [4.69, 9.17) is 4.98 Å². The number of hydrogen-bond acceptors (Lipinski definition) is 7. The molecule has 1 saturated carbocycles. The summed E-state index contributed by atoms with van der Waals surface area (Å²) in [6.45, 7) is 7.00. The average molecular weight is 478 g/mol. The second-order valence-electron chi connectivity index (χ2n) is 10.6. The molecule has 0 aromatic carbocycles. The first-order valence-corrected chi connectivity index (χ1v) is 13.1. The van der Waals surface area contributed by atoms with E-state index in [0.717, 1.165) is 94.1 Å². The van der Waals surface area contributed by atoms with Gasteiger partial charge in [0.1, 0.15) is 17.3 Å².